The maximum Gasteiger partial charge on any atom is 0.304 e. The van der Waals surface area contributed by atoms with Gasteiger partial charge in [-0.05, 0) is 62.6 Å². The standard InChI is InChI=1S/C31H38Cl2N4O4S/c1-21(2)34-31(39)29(18-24-11-8-7-9-12-24)36(19-25-26(32)13-10-14-27(25)33)30(38)20-37(42(40,41)35(5)6)28-17-22(3)15-16-23(28)4/h7-17,21,29H,18-20H2,1-6H3,(H,34,39)/t29-/m0/s1. The SMILES string of the molecule is Cc1ccc(C)c(N(CC(=O)N(Cc2c(Cl)cccc2Cl)[C@@H](Cc2ccccc2)C(=O)NC(C)C)S(=O)(=O)N(C)C)c1. The topological polar surface area (TPSA) is 90.0 Å². The van der Waals surface area contributed by atoms with Crippen molar-refractivity contribution in [2.24, 2.45) is 0 Å². The van der Waals surface area contributed by atoms with Crippen molar-refractivity contribution in [3.63, 3.8) is 0 Å². The Balaban J connectivity index is 2.17. The summed E-state index contributed by atoms with van der Waals surface area (Å²) in [7, 11) is -1.29. The number of nitrogens with one attached hydrogen (secondary N) is 1. The molecule has 0 bridgehead atoms. The molecule has 0 unspecified atom stereocenters. The predicted octanol–water partition coefficient (Wildman–Crippen LogP) is 5.39. The second-order valence-corrected chi connectivity index (χ2v) is 13.6. The van der Waals surface area contributed by atoms with E-state index in [-0.39, 0.29) is 24.9 Å². The maximum atomic E-state index is 14.4. The number of benzene rings is 3. The molecule has 3 aromatic rings. The van der Waals surface area contributed by atoms with Crippen molar-refractivity contribution in [1.82, 2.24) is 14.5 Å². The summed E-state index contributed by atoms with van der Waals surface area (Å²) in [5.41, 5.74) is 3.17. The lowest BCUT2D eigenvalue weighted by Crippen LogP contribution is -2.55. The summed E-state index contributed by atoms with van der Waals surface area (Å²) in [6.45, 7) is 6.65. The molecule has 0 aliphatic carbocycles. The van der Waals surface area contributed by atoms with Crippen molar-refractivity contribution in [3.8, 4) is 0 Å². The fourth-order valence-electron chi connectivity index (χ4n) is 4.48. The molecule has 0 aliphatic heterocycles. The molecule has 0 aliphatic rings. The van der Waals surface area contributed by atoms with E-state index in [1.165, 1.54) is 19.0 Å². The Labute approximate surface area is 259 Å². The minimum Gasteiger partial charge on any atom is -0.352 e. The third-order valence-electron chi connectivity index (χ3n) is 6.74. The van der Waals surface area contributed by atoms with E-state index in [4.69, 9.17) is 23.2 Å². The van der Waals surface area contributed by atoms with Gasteiger partial charge in [0.05, 0.1) is 5.69 Å². The van der Waals surface area contributed by atoms with Crippen LogP contribution in [0, 0.1) is 13.8 Å². The quantitative estimate of drug-likeness (QED) is 0.290. The second-order valence-electron chi connectivity index (χ2n) is 10.7. The van der Waals surface area contributed by atoms with Gasteiger partial charge in [-0.15, -0.1) is 0 Å². The fraction of sp³-hybridized carbons (Fsp3) is 0.355. The Morgan fingerprint density at radius 2 is 1.52 bits per heavy atom. The molecule has 42 heavy (non-hydrogen) atoms. The largest absolute Gasteiger partial charge is 0.352 e. The van der Waals surface area contributed by atoms with Gasteiger partial charge in [-0.3, -0.25) is 9.59 Å². The van der Waals surface area contributed by atoms with Crippen molar-refractivity contribution >= 4 is 50.9 Å². The van der Waals surface area contributed by atoms with E-state index in [1.807, 2.05) is 63.2 Å². The Morgan fingerprint density at radius 1 is 0.905 bits per heavy atom. The Kier molecular flexibility index (Phi) is 11.4. The molecule has 0 saturated carbocycles. The molecule has 2 amide bonds. The van der Waals surface area contributed by atoms with Gasteiger partial charge in [0.15, 0.2) is 0 Å². The molecular formula is C31H38Cl2N4O4S. The van der Waals surface area contributed by atoms with Crippen LogP contribution in [0.1, 0.15) is 36.1 Å². The molecule has 0 radical (unpaired) electrons. The second kappa shape index (κ2) is 14.4. The lowest BCUT2D eigenvalue weighted by molar-refractivity contribution is -0.140. The predicted molar refractivity (Wildman–Crippen MR) is 170 cm³/mol. The van der Waals surface area contributed by atoms with Crippen LogP contribution in [-0.2, 0) is 32.8 Å². The third-order valence-corrected chi connectivity index (χ3v) is 9.26. The van der Waals surface area contributed by atoms with E-state index < -0.39 is 28.7 Å². The number of rotatable bonds is 12. The van der Waals surface area contributed by atoms with Crippen LogP contribution in [0.4, 0.5) is 5.69 Å². The van der Waals surface area contributed by atoms with Crippen LogP contribution in [0.3, 0.4) is 0 Å². The number of hydrogen-bond acceptors (Lipinski definition) is 4. The number of amides is 2. The molecule has 1 N–H and O–H groups in total. The lowest BCUT2D eigenvalue weighted by Gasteiger charge is -2.35. The van der Waals surface area contributed by atoms with Crippen molar-refractivity contribution in [2.45, 2.75) is 52.7 Å². The van der Waals surface area contributed by atoms with Crippen molar-refractivity contribution in [2.75, 3.05) is 24.9 Å². The van der Waals surface area contributed by atoms with Gasteiger partial charge in [-0.25, -0.2) is 4.31 Å². The third kappa shape index (κ3) is 8.25. The molecule has 0 spiro atoms. The van der Waals surface area contributed by atoms with Gasteiger partial charge in [0.2, 0.25) is 11.8 Å². The first-order valence-electron chi connectivity index (χ1n) is 13.6. The van der Waals surface area contributed by atoms with E-state index in [0.29, 0.717) is 26.9 Å². The number of carbonyl (C=O) groups excluding carboxylic acids is 2. The molecule has 8 nitrogen and oxygen atoms in total. The summed E-state index contributed by atoms with van der Waals surface area (Å²) in [5.74, 6) is -0.962. The molecule has 11 heteroatoms. The summed E-state index contributed by atoms with van der Waals surface area (Å²) in [4.78, 5) is 29.5. The van der Waals surface area contributed by atoms with Gasteiger partial charge in [0, 0.05) is 48.7 Å². The monoisotopic (exact) mass is 632 g/mol. The zero-order chi connectivity index (χ0) is 31.2. The van der Waals surface area contributed by atoms with Crippen LogP contribution < -0.4 is 9.62 Å². The zero-order valence-electron chi connectivity index (χ0n) is 24.8. The highest BCUT2D eigenvalue weighted by molar-refractivity contribution is 7.90. The van der Waals surface area contributed by atoms with E-state index in [0.717, 1.165) is 19.7 Å². The van der Waals surface area contributed by atoms with Crippen LogP contribution in [0.15, 0.2) is 66.7 Å². The maximum absolute atomic E-state index is 14.4. The minimum absolute atomic E-state index is 0.108. The van der Waals surface area contributed by atoms with Crippen LogP contribution in [0.25, 0.3) is 0 Å². The summed E-state index contributed by atoms with van der Waals surface area (Å²) in [5, 5.41) is 3.58. The van der Waals surface area contributed by atoms with E-state index in [9.17, 15) is 18.0 Å². The zero-order valence-corrected chi connectivity index (χ0v) is 27.1. The summed E-state index contributed by atoms with van der Waals surface area (Å²) in [6, 6.07) is 18.6. The van der Waals surface area contributed by atoms with E-state index in [2.05, 4.69) is 5.32 Å². The van der Waals surface area contributed by atoms with Crippen molar-refractivity contribution in [3.05, 3.63) is 99.0 Å². The highest BCUT2D eigenvalue weighted by Crippen LogP contribution is 2.29. The molecule has 0 heterocycles. The van der Waals surface area contributed by atoms with Crippen LogP contribution in [0.5, 0.6) is 0 Å². The van der Waals surface area contributed by atoms with E-state index >= 15 is 0 Å². The minimum atomic E-state index is -4.11. The molecule has 3 rings (SSSR count). The molecule has 0 fully saturated rings. The van der Waals surface area contributed by atoms with Gasteiger partial charge in [0.1, 0.15) is 12.6 Å². The van der Waals surface area contributed by atoms with E-state index in [1.54, 1.807) is 31.2 Å². The molecular weight excluding hydrogens is 595 g/mol. The Hall–Kier alpha value is -3.11. The Bertz CT molecular complexity index is 1490. The number of nitrogens with zero attached hydrogens (tertiary/aromatic N) is 3. The van der Waals surface area contributed by atoms with Crippen LogP contribution in [-0.4, -0.2) is 62.2 Å². The molecule has 226 valence electrons. The highest BCUT2D eigenvalue weighted by atomic mass is 35.5. The van der Waals surface area contributed by atoms with Gasteiger partial charge in [0.25, 0.3) is 0 Å². The van der Waals surface area contributed by atoms with Crippen LogP contribution in [0.2, 0.25) is 10.0 Å². The molecule has 0 saturated heterocycles. The number of hydrogen-bond donors (Lipinski definition) is 1. The summed E-state index contributed by atoms with van der Waals surface area (Å²) >= 11 is 13.1. The van der Waals surface area contributed by atoms with Gasteiger partial charge in [-0.1, -0.05) is 71.7 Å². The smallest absolute Gasteiger partial charge is 0.304 e. The summed E-state index contributed by atoms with van der Waals surface area (Å²) < 4.78 is 29.4. The first-order valence-corrected chi connectivity index (χ1v) is 15.7. The lowest BCUT2D eigenvalue weighted by atomic mass is 10.0. The van der Waals surface area contributed by atoms with Gasteiger partial charge in [-0.2, -0.15) is 12.7 Å². The van der Waals surface area contributed by atoms with Gasteiger partial charge < -0.3 is 10.2 Å². The highest BCUT2D eigenvalue weighted by Gasteiger charge is 2.36. The van der Waals surface area contributed by atoms with Crippen molar-refractivity contribution < 1.29 is 18.0 Å². The van der Waals surface area contributed by atoms with Crippen LogP contribution >= 0.6 is 23.2 Å². The van der Waals surface area contributed by atoms with Crippen molar-refractivity contribution in [1.29, 1.82) is 0 Å². The van der Waals surface area contributed by atoms with Gasteiger partial charge >= 0.3 is 10.2 Å². The normalized spacial score (nSPS) is 12.3. The average Bonchev–Trinajstić information content (AvgIpc) is 2.92. The molecule has 1 atom stereocenters. The average molecular weight is 634 g/mol. The number of anilines is 1. The Morgan fingerprint density at radius 3 is 2.10 bits per heavy atom. The number of aryl methyl sites for hydroxylation is 2. The first-order chi connectivity index (χ1) is 19.7. The number of carbonyl (C=O) groups is 2. The fourth-order valence-corrected chi connectivity index (χ4v) is 6.11. The first kappa shape index (κ1) is 33.4. The molecule has 0 aromatic heterocycles. The molecule has 3 aromatic carbocycles. The summed E-state index contributed by atoms with van der Waals surface area (Å²) in [6.07, 6.45) is 0.192. The number of halogens is 2.